The lowest BCUT2D eigenvalue weighted by Crippen LogP contribution is -2.24. The van der Waals surface area contributed by atoms with E-state index in [9.17, 15) is 9.36 Å². The van der Waals surface area contributed by atoms with Crippen molar-refractivity contribution in [3.05, 3.63) is 41.5 Å². The molecule has 0 bridgehead atoms. The van der Waals surface area contributed by atoms with Crippen molar-refractivity contribution in [1.29, 1.82) is 0 Å². The van der Waals surface area contributed by atoms with E-state index in [1.165, 1.54) is 0 Å². The van der Waals surface area contributed by atoms with Crippen LogP contribution in [0.15, 0.2) is 35.9 Å². The van der Waals surface area contributed by atoms with Crippen LogP contribution in [-0.2, 0) is 18.6 Å². The smallest absolute Gasteiger partial charge is 0.382 e. The van der Waals surface area contributed by atoms with Gasteiger partial charge >= 0.3 is 13.6 Å². The van der Waals surface area contributed by atoms with Gasteiger partial charge in [0.1, 0.15) is 5.75 Å². The minimum atomic E-state index is -3.54. The second-order valence-electron chi connectivity index (χ2n) is 7.16. The zero-order chi connectivity index (χ0) is 19.8. The maximum atomic E-state index is 13.0. The van der Waals surface area contributed by atoms with Gasteiger partial charge in [-0.1, -0.05) is 29.3 Å². The monoisotopic (exact) mass is 384 g/mol. The third-order valence-electron chi connectivity index (χ3n) is 3.46. The molecule has 1 N–H and O–H groups in total. The minimum absolute atomic E-state index is 0.0623. The molecule has 0 aliphatic carbocycles. The molecule has 0 spiro atoms. The molecule has 1 atom stereocenters. The number of aryl methyl sites for hydroxylation is 1. The second kappa shape index (κ2) is 9.91. The lowest BCUT2D eigenvalue weighted by atomic mass is 9.98. The Morgan fingerprint density at radius 1 is 1.23 bits per heavy atom. The van der Waals surface area contributed by atoms with Crippen LogP contribution >= 0.6 is 7.60 Å². The van der Waals surface area contributed by atoms with Gasteiger partial charge in [0.2, 0.25) is 6.79 Å². The van der Waals surface area contributed by atoms with Gasteiger partial charge in [0, 0.05) is 0 Å². The van der Waals surface area contributed by atoms with Crippen LogP contribution in [-0.4, -0.2) is 30.6 Å². The van der Waals surface area contributed by atoms with Crippen LogP contribution in [0.4, 0.5) is 0 Å². The summed E-state index contributed by atoms with van der Waals surface area (Å²) in [7, 11) is -3.54. The standard InChI is InChI=1S/C19H29O6P/c1-15-8-10-17(11-9-15)25-26(22,12-6-7-16(2)13-20)24-14-23-18(21)19(3,4)5/h7-11,20H,6,12-14H2,1-5H3/b16-7+. The van der Waals surface area contributed by atoms with E-state index in [-0.39, 0.29) is 12.8 Å². The molecule has 1 aromatic carbocycles. The summed E-state index contributed by atoms with van der Waals surface area (Å²) in [6.45, 7) is 8.38. The minimum Gasteiger partial charge on any atom is -0.438 e. The number of benzene rings is 1. The first-order valence-corrected chi connectivity index (χ1v) is 10.2. The quantitative estimate of drug-likeness (QED) is 0.293. The van der Waals surface area contributed by atoms with Crippen molar-refractivity contribution in [1.82, 2.24) is 0 Å². The largest absolute Gasteiger partial charge is 0.438 e. The third-order valence-corrected chi connectivity index (χ3v) is 5.26. The average Bonchev–Trinajstić information content (AvgIpc) is 2.56. The Balaban J connectivity index is 2.78. The number of esters is 1. The molecule has 1 aromatic rings. The van der Waals surface area contributed by atoms with E-state index in [0.29, 0.717) is 12.2 Å². The number of carbonyl (C=O) groups is 1. The van der Waals surface area contributed by atoms with Crippen LogP contribution in [0.2, 0.25) is 0 Å². The van der Waals surface area contributed by atoms with Crippen LogP contribution in [0.25, 0.3) is 0 Å². The van der Waals surface area contributed by atoms with E-state index in [1.807, 2.05) is 19.1 Å². The lowest BCUT2D eigenvalue weighted by Gasteiger charge is -2.21. The van der Waals surface area contributed by atoms with Crippen molar-refractivity contribution in [3.63, 3.8) is 0 Å². The molecule has 26 heavy (non-hydrogen) atoms. The van der Waals surface area contributed by atoms with Crippen LogP contribution in [0.5, 0.6) is 5.75 Å². The Bertz CT molecular complexity index is 658. The van der Waals surface area contributed by atoms with E-state index in [2.05, 4.69) is 0 Å². The zero-order valence-electron chi connectivity index (χ0n) is 16.2. The number of hydrogen-bond donors (Lipinski definition) is 1. The molecule has 0 saturated carbocycles. The number of aliphatic hydroxyl groups is 1. The first-order valence-electron chi connectivity index (χ1n) is 8.49. The molecule has 146 valence electrons. The topological polar surface area (TPSA) is 82.1 Å². The van der Waals surface area contributed by atoms with Crippen LogP contribution in [0.1, 0.15) is 39.7 Å². The molecular weight excluding hydrogens is 355 g/mol. The van der Waals surface area contributed by atoms with Crippen molar-refractivity contribution in [3.8, 4) is 5.75 Å². The summed E-state index contributed by atoms with van der Waals surface area (Å²) >= 11 is 0. The molecule has 0 aromatic heterocycles. The maximum Gasteiger partial charge on any atom is 0.382 e. The molecular formula is C19H29O6P. The molecule has 0 amide bonds. The summed E-state index contributed by atoms with van der Waals surface area (Å²) < 4.78 is 29.0. The average molecular weight is 384 g/mol. The van der Waals surface area contributed by atoms with Crippen LogP contribution in [0, 0.1) is 12.3 Å². The van der Waals surface area contributed by atoms with Gasteiger partial charge in [-0.3, -0.25) is 9.32 Å². The molecule has 0 radical (unpaired) electrons. The van der Waals surface area contributed by atoms with Gasteiger partial charge in [0.25, 0.3) is 0 Å². The van der Waals surface area contributed by atoms with Crippen LogP contribution < -0.4 is 4.52 Å². The predicted octanol–water partition coefficient (Wildman–Crippen LogP) is 4.46. The highest BCUT2D eigenvalue weighted by Crippen LogP contribution is 2.49. The number of rotatable bonds is 9. The van der Waals surface area contributed by atoms with Gasteiger partial charge < -0.3 is 14.4 Å². The fraction of sp³-hybridized carbons (Fsp3) is 0.526. The Hall–Kier alpha value is -1.62. The van der Waals surface area contributed by atoms with Gasteiger partial charge in [-0.2, -0.15) is 0 Å². The summed E-state index contributed by atoms with van der Waals surface area (Å²) in [5.74, 6) is -0.0284. The maximum absolute atomic E-state index is 13.0. The summed E-state index contributed by atoms with van der Waals surface area (Å²) in [5.41, 5.74) is 1.14. The SMILES string of the molecule is C/C(=C\CCP(=O)(OCOC(=O)C(C)(C)C)Oc1ccc(C)cc1)CO. The van der Waals surface area contributed by atoms with Gasteiger partial charge in [0.15, 0.2) is 0 Å². The van der Waals surface area contributed by atoms with Crippen molar-refractivity contribution < 1.29 is 28.3 Å². The summed E-state index contributed by atoms with van der Waals surface area (Å²) in [5, 5.41) is 9.05. The Kier molecular flexibility index (Phi) is 8.54. The van der Waals surface area contributed by atoms with Gasteiger partial charge in [0.05, 0.1) is 18.2 Å². The lowest BCUT2D eigenvalue weighted by molar-refractivity contribution is -0.159. The Morgan fingerprint density at radius 3 is 2.38 bits per heavy atom. The molecule has 1 rings (SSSR count). The van der Waals surface area contributed by atoms with Gasteiger partial charge in [-0.05, 0) is 53.2 Å². The normalized spacial score (nSPS) is 14.6. The van der Waals surface area contributed by atoms with Crippen molar-refractivity contribution in [2.75, 3.05) is 19.6 Å². The van der Waals surface area contributed by atoms with E-state index >= 15 is 0 Å². The Morgan fingerprint density at radius 2 is 1.85 bits per heavy atom. The second-order valence-corrected chi connectivity index (χ2v) is 9.27. The third kappa shape index (κ3) is 8.17. The molecule has 0 aliphatic rings. The number of allylic oxidation sites excluding steroid dienone is 1. The zero-order valence-corrected chi connectivity index (χ0v) is 17.0. The summed E-state index contributed by atoms with van der Waals surface area (Å²) in [6.07, 6.45) is 2.28. The van der Waals surface area contributed by atoms with E-state index < -0.39 is 25.8 Å². The number of ether oxygens (including phenoxy) is 1. The van der Waals surface area contributed by atoms with Crippen LogP contribution in [0.3, 0.4) is 0 Å². The molecule has 6 nitrogen and oxygen atoms in total. The first kappa shape index (κ1) is 22.4. The van der Waals surface area contributed by atoms with E-state index in [4.69, 9.17) is 18.9 Å². The van der Waals surface area contributed by atoms with Gasteiger partial charge in [-0.25, -0.2) is 4.57 Å². The molecule has 0 fully saturated rings. The number of hydrogen-bond acceptors (Lipinski definition) is 6. The summed E-state index contributed by atoms with van der Waals surface area (Å²) in [6, 6.07) is 7.10. The summed E-state index contributed by atoms with van der Waals surface area (Å²) in [4.78, 5) is 11.8. The molecule has 0 aliphatic heterocycles. The van der Waals surface area contributed by atoms with E-state index in [1.54, 1.807) is 45.9 Å². The Labute approximate surface area is 155 Å². The highest BCUT2D eigenvalue weighted by molar-refractivity contribution is 7.54. The van der Waals surface area contributed by atoms with E-state index in [0.717, 1.165) is 11.1 Å². The number of carbonyl (C=O) groups excluding carboxylic acids is 1. The van der Waals surface area contributed by atoms with Gasteiger partial charge in [-0.15, -0.1) is 0 Å². The molecule has 7 heteroatoms. The fourth-order valence-corrected chi connectivity index (χ4v) is 3.18. The van der Waals surface area contributed by atoms with Crippen molar-refractivity contribution in [2.45, 2.75) is 41.0 Å². The molecule has 1 unspecified atom stereocenters. The molecule has 0 saturated heterocycles. The highest BCUT2D eigenvalue weighted by Gasteiger charge is 2.28. The fourth-order valence-electron chi connectivity index (χ4n) is 1.81. The van der Waals surface area contributed by atoms with Crippen molar-refractivity contribution in [2.24, 2.45) is 5.41 Å². The highest BCUT2D eigenvalue weighted by atomic mass is 31.2. The first-order chi connectivity index (χ1) is 12.1. The predicted molar refractivity (Wildman–Crippen MR) is 101 cm³/mol. The molecule has 0 heterocycles. The van der Waals surface area contributed by atoms with Crippen molar-refractivity contribution >= 4 is 13.6 Å². The number of aliphatic hydroxyl groups excluding tert-OH is 1.